The van der Waals surface area contributed by atoms with Gasteiger partial charge in [-0.2, -0.15) is 0 Å². The van der Waals surface area contributed by atoms with Crippen molar-refractivity contribution in [3.63, 3.8) is 0 Å². The van der Waals surface area contributed by atoms with E-state index < -0.39 is 5.97 Å². The molecule has 102 valence electrons. The van der Waals surface area contributed by atoms with Crippen LogP contribution in [0.2, 0.25) is 5.02 Å². The third-order valence-electron chi connectivity index (χ3n) is 3.15. The molecule has 0 saturated heterocycles. The normalized spacial score (nSPS) is 15.2. The molecule has 0 bridgehead atoms. The van der Waals surface area contributed by atoms with Crippen LogP contribution in [0.3, 0.4) is 0 Å². The maximum absolute atomic E-state index is 11.7. The second-order valence-corrected chi connectivity index (χ2v) is 4.99. The van der Waals surface area contributed by atoms with Gasteiger partial charge >= 0.3 is 12.0 Å². The lowest BCUT2D eigenvalue weighted by Crippen LogP contribution is -2.36. The van der Waals surface area contributed by atoms with Gasteiger partial charge in [0.15, 0.2) is 0 Å². The fraction of sp³-hybridized carbons (Fsp3) is 0.385. The summed E-state index contributed by atoms with van der Waals surface area (Å²) in [7, 11) is 0. The molecule has 2 amide bonds. The average molecular weight is 283 g/mol. The van der Waals surface area contributed by atoms with E-state index in [0.29, 0.717) is 5.69 Å². The fourth-order valence-corrected chi connectivity index (χ4v) is 2.39. The van der Waals surface area contributed by atoms with E-state index >= 15 is 0 Å². The summed E-state index contributed by atoms with van der Waals surface area (Å²) >= 11 is 5.93. The number of halogens is 1. The minimum Gasteiger partial charge on any atom is -0.478 e. The summed E-state index contributed by atoms with van der Waals surface area (Å²) in [5.74, 6) is -1.05. The number of carboxylic acids is 1. The summed E-state index contributed by atoms with van der Waals surface area (Å²) in [5, 5.41) is 14.5. The van der Waals surface area contributed by atoms with E-state index in [1.807, 2.05) is 0 Å². The number of urea groups is 1. The average Bonchev–Trinajstić information content (AvgIpc) is 2.84. The Bertz CT molecular complexity index is 499. The molecular formula is C13H15ClN2O3. The molecule has 0 aromatic heterocycles. The van der Waals surface area contributed by atoms with Crippen LogP contribution in [0.25, 0.3) is 0 Å². The first-order valence-electron chi connectivity index (χ1n) is 6.16. The lowest BCUT2D eigenvalue weighted by molar-refractivity contribution is 0.0697. The molecule has 1 aromatic rings. The SMILES string of the molecule is O=C(Nc1ccc(C(=O)O)cc1Cl)NC1CCCC1. The Labute approximate surface area is 116 Å². The number of aromatic carboxylic acids is 1. The van der Waals surface area contributed by atoms with Crippen LogP contribution < -0.4 is 10.6 Å². The quantitative estimate of drug-likeness (QED) is 0.797. The van der Waals surface area contributed by atoms with Gasteiger partial charge < -0.3 is 15.7 Å². The number of hydrogen-bond acceptors (Lipinski definition) is 2. The molecule has 1 saturated carbocycles. The molecule has 0 aliphatic heterocycles. The molecule has 0 radical (unpaired) electrons. The van der Waals surface area contributed by atoms with E-state index in [1.54, 1.807) is 0 Å². The summed E-state index contributed by atoms with van der Waals surface area (Å²) < 4.78 is 0. The van der Waals surface area contributed by atoms with E-state index in [0.717, 1.165) is 25.7 Å². The Balaban J connectivity index is 1.98. The van der Waals surface area contributed by atoms with Crippen LogP contribution in [0.4, 0.5) is 10.5 Å². The molecule has 1 aromatic carbocycles. The second-order valence-electron chi connectivity index (χ2n) is 4.58. The highest BCUT2D eigenvalue weighted by atomic mass is 35.5. The molecule has 5 nitrogen and oxygen atoms in total. The molecule has 2 rings (SSSR count). The van der Waals surface area contributed by atoms with Crippen molar-refractivity contribution in [3.05, 3.63) is 28.8 Å². The number of carbonyl (C=O) groups is 2. The number of nitrogens with one attached hydrogen (secondary N) is 2. The molecular weight excluding hydrogens is 268 g/mol. The monoisotopic (exact) mass is 282 g/mol. The van der Waals surface area contributed by atoms with E-state index in [-0.39, 0.29) is 22.7 Å². The van der Waals surface area contributed by atoms with Crippen molar-refractivity contribution in [2.24, 2.45) is 0 Å². The van der Waals surface area contributed by atoms with Crippen molar-refractivity contribution in [1.29, 1.82) is 0 Å². The first-order valence-corrected chi connectivity index (χ1v) is 6.54. The van der Waals surface area contributed by atoms with E-state index in [2.05, 4.69) is 10.6 Å². The topological polar surface area (TPSA) is 78.4 Å². The van der Waals surface area contributed by atoms with Crippen molar-refractivity contribution in [1.82, 2.24) is 5.32 Å². The maximum Gasteiger partial charge on any atom is 0.335 e. The van der Waals surface area contributed by atoms with E-state index in [4.69, 9.17) is 16.7 Å². The second kappa shape index (κ2) is 5.93. The van der Waals surface area contributed by atoms with Gasteiger partial charge in [-0.05, 0) is 31.0 Å². The Morgan fingerprint density at radius 1 is 1.26 bits per heavy atom. The summed E-state index contributed by atoms with van der Waals surface area (Å²) in [6.07, 6.45) is 4.27. The molecule has 1 aliphatic rings. The van der Waals surface area contributed by atoms with Crippen LogP contribution in [0.15, 0.2) is 18.2 Å². The van der Waals surface area contributed by atoms with Crippen LogP contribution >= 0.6 is 11.6 Å². The van der Waals surface area contributed by atoms with Crippen molar-refractivity contribution < 1.29 is 14.7 Å². The van der Waals surface area contributed by atoms with Crippen molar-refractivity contribution in [3.8, 4) is 0 Å². The largest absolute Gasteiger partial charge is 0.478 e. The zero-order valence-corrected chi connectivity index (χ0v) is 11.0. The van der Waals surface area contributed by atoms with Gasteiger partial charge in [-0.25, -0.2) is 9.59 Å². The Morgan fingerprint density at radius 2 is 1.95 bits per heavy atom. The van der Waals surface area contributed by atoms with Gasteiger partial charge in [-0.15, -0.1) is 0 Å². The van der Waals surface area contributed by atoms with Crippen molar-refractivity contribution >= 4 is 29.3 Å². The molecule has 0 heterocycles. The molecule has 1 aliphatic carbocycles. The molecule has 1 fully saturated rings. The minimum absolute atomic E-state index is 0.0896. The molecule has 0 spiro atoms. The summed E-state index contributed by atoms with van der Waals surface area (Å²) in [6.45, 7) is 0. The van der Waals surface area contributed by atoms with Gasteiger partial charge in [0.1, 0.15) is 0 Å². The number of rotatable bonds is 3. The van der Waals surface area contributed by atoms with Crippen LogP contribution in [0, 0.1) is 0 Å². The third kappa shape index (κ3) is 3.61. The van der Waals surface area contributed by atoms with Gasteiger partial charge in [-0.3, -0.25) is 0 Å². The van der Waals surface area contributed by atoms with Gasteiger partial charge in [0.25, 0.3) is 0 Å². The summed E-state index contributed by atoms with van der Waals surface area (Å²) in [4.78, 5) is 22.5. The number of carboxylic acid groups (broad SMARTS) is 1. The van der Waals surface area contributed by atoms with Crippen molar-refractivity contribution in [2.75, 3.05) is 5.32 Å². The highest BCUT2D eigenvalue weighted by Crippen LogP contribution is 2.23. The van der Waals surface area contributed by atoms with Crippen LogP contribution in [0.5, 0.6) is 0 Å². The Hall–Kier alpha value is -1.75. The number of hydrogen-bond donors (Lipinski definition) is 3. The minimum atomic E-state index is -1.05. The van der Waals surface area contributed by atoms with Gasteiger partial charge in [0, 0.05) is 6.04 Å². The number of carbonyl (C=O) groups excluding carboxylic acids is 1. The zero-order valence-electron chi connectivity index (χ0n) is 10.3. The summed E-state index contributed by atoms with van der Waals surface area (Å²) in [5.41, 5.74) is 0.494. The first-order chi connectivity index (χ1) is 9.06. The number of anilines is 1. The van der Waals surface area contributed by atoms with E-state index in [9.17, 15) is 9.59 Å². The Morgan fingerprint density at radius 3 is 2.53 bits per heavy atom. The van der Waals surface area contributed by atoms with Gasteiger partial charge in [-0.1, -0.05) is 24.4 Å². The smallest absolute Gasteiger partial charge is 0.335 e. The third-order valence-corrected chi connectivity index (χ3v) is 3.47. The highest BCUT2D eigenvalue weighted by Gasteiger charge is 2.17. The van der Waals surface area contributed by atoms with Crippen LogP contribution in [-0.4, -0.2) is 23.1 Å². The fourth-order valence-electron chi connectivity index (χ4n) is 2.16. The highest BCUT2D eigenvalue weighted by molar-refractivity contribution is 6.34. The molecule has 0 atom stereocenters. The predicted molar refractivity (Wildman–Crippen MR) is 72.8 cm³/mol. The van der Waals surface area contributed by atoms with Gasteiger partial charge in [0.2, 0.25) is 0 Å². The first kappa shape index (κ1) is 13.7. The Kier molecular flexibility index (Phi) is 4.27. The summed E-state index contributed by atoms with van der Waals surface area (Å²) in [6, 6.07) is 4.11. The number of benzene rings is 1. The van der Waals surface area contributed by atoms with Crippen LogP contribution in [-0.2, 0) is 0 Å². The van der Waals surface area contributed by atoms with Crippen LogP contribution in [0.1, 0.15) is 36.0 Å². The lowest BCUT2D eigenvalue weighted by atomic mass is 10.2. The van der Waals surface area contributed by atoms with E-state index in [1.165, 1.54) is 18.2 Å². The molecule has 19 heavy (non-hydrogen) atoms. The predicted octanol–water partition coefficient (Wildman–Crippen LogP) is 3.10. The maximum atomic E-state index is 11.7. The molecule has 6 heteroatoms. The van der Waals surface area contributed by atoms with Crippen molar-refractivity contribution in [2.45, 2.75) is 31.7 Å². The molecule has 0 unspecified atom stereocenters. The lowest BCUT2D eigenvalue weighted by Gasteiger charge is -2.13. The number of amides is 2. The van der Waals surface area contributed by atoms with Gasteiger partial charge in [0.05, 0.1) is 16.3 Å². The zero-order chi connectivity index (χ0) is 13.8. The standard InChI is InChI=1S/C13H15ClN2O3/c14-10-7-8(12(17)18)5-6-11(10)16-13(19)15-9-3-1-2-4-9/h5-7,9H,1-4H2,(H,17,18)(H2,15,16,19). The molecule has 3 N–H and O–H groups in total.